The molecule has 0 radical (unpaired) electrons. The summed E-state index contributed by atoms with van der Waals surface area (Å²) in [6, 6.07) is 14.0. The van der Waals surface area contributed by atoms with Crippen molar-refractivity contribution >= 4 is 32.7 Å². The summed E-state index contributed by atoms with van der Waals surface area (Å²) in [4.78, 5) is 13.0. The van der Waals surface area contributed by atoms with Crippen molar-refractivity contribution in [3.05, 3.63) is 70.1 Å². The first-order valence-electron chi connectivity index (χ1n) is 7.53. The number of para-hydroxylation sites is 1. The number of phenolic OH excluding ortho intramolecular Hbond substituents is 1. The van der Waals surface area contributed by atoms with Crippen molar-refractivity contribution in [2.24, 2.45) is 0 Å². The third-order valence-corrected chi connectivity index (χ3v) is 4.48. The Labute approximate surface area is 151 Å². The minimum atomic E-state index is -0.340. The third-order valence-electron chi connectivity index (χ3n) is 3.95. The van der Waals surface area contributed by atoms with Gasteiger partial charge in [0.15, 0.2) is 17.1 Å². The summed E-state index contributed by atoms with van der Waals surface area (Å²) < 4.78 is 11.7. The number of benzene rings is 2. The molecular weight excluding hydrogens is 386 g/mol. The van der Waals surface area contributed by atoms with E-state index in [2.05, 4.69) is 21.1 Å². The highest BCUT2D eigenvalue weighted by atomic mass is 79.9. The molecule has 2 aromatic heterocycles. The van der Waals surface area contributed by atoms with E-state index in [0.717, 1.165) is 10.0 Å². The average molecular weight is 398 g/mol. The van der Waals surface area contributed by atoms with Gasteiger partial charge in [0, 0.05) is 15.4 Å². The molecule has 2 aromatic carbocycles. The van der Waals surface area contributed by atoms with Crippen LogP contribution in [-0.4, -0.2) is 16.0 Å². The van der Waals surface area contributed by atoms with Crippen LogP contribution in [0.25, 0.3) is 22.2 Å². The molecule has 124 valence electrons. The van der Waals surface area contributed by atoms with Gasteiger partial charge in [0.2, 0.25) is 5.78 Å². The standard InChI is InChI=1S/C19H12BrNO4/c1-10-16(17(21-25-10)11-5-7-13(20)8-6-11)18(23)15-9-12-3-2-4-14(22)19(12)24-15/h2-9,22H,1H3. The van der Waals surface area contributed by atoms with Crippen LogP contribution in [0.5, 0.6) is 5.75 Å². The van der Waals surface area contributed by atoms with Crippen molar-refractivity contribution in [1.82, 2.24) is 5.16 Å². The predicted octanol–water partition coefficient (Wildman–Crippen LogP) is 5.10. The second-order valence-electron chi connectivity index (χ2n) is 5.60. The Morgan fingerprint density at radius 3 is 2.64 bits per heavy atom. The number of ketones is 1. The van der Waals surface area contributed by atoms with E-state index in [0.29, 0.717) is 22.4 Å². The lowest BCUT2D eigenvalue weighted by molar-refractivity contribution is 0.101. The summed E-state index contributed by atoms with van der Waals surface area (Å²) in [5, 5.41) is 14.6. The van der Waals surface area contributed by atoms with Crippen molar-refractivity contribution in [1.29, 1.82) is 0 Å². The lowest BCUT2D eigenvalue weighted by Gasteiger charge is -2.01. The van der Waals surface area contributed by atoms with Gasteiger partial charge >= 0.3 is 0 Å². The van der Waals surface area contributed by atoms with Gasteiger partial charge in [-0.1, -0.05) is 45.4 Å². The highest BCUT2D eigenvalue weighted by Crippen LogP contribution is 2.32. The van der Waals surface area contributed by atoms with E-state index >= 15 is 0 Å². The summed E-state index contributed by atoms with van der Waals surface area (Å²) in [5.41, 5.74) is 1.85. The van der Waals surface area contributed by atoms with Gasteiger partial charge < -0.3 is 14.0 Å². The number of fused-ring (bicyclic) bond motifs is 1. The van der Waals surface area contributed by atoms with Crippen LogP contribution in [0.1, 0.15) is 21.9 Å². The largest absolute Gasteiger partial charge is 0.504 e. The van der Waals surface area contributed by atoms with Crippen molar-refractivity contribution in [2.75, 3.05) is 0 Å². The lowest BCUT2D eigenvalue weighted by atomic mass is 10.0. The van der Waals surface area contributed by atoms with Gasteiger partial charge in [-0.15, -0.1) is 0 Å². The SMILES string of the molecule is Cc1onc(-c2ccc(Br)cc2)c1C(=O)c1cc2cccc(O)c2o1. The fourth-order valence-electron chi connectivity index (χ4n) is 2.73. The number of phenols is 1. The Hall–Kier alpha value is -2.86. The molecule has 0 bridgehead atoms. The van der Waals surface area contributed by atoms with Crippen LogP contribution in [0.2, 0.25) is 0 Å². The molecule has 5 nitrogen and oxygen atoms in total. The summed E-state index contributed by atoms with van der Waals surface area (Å²) in [5.74, 6) is 0.188. The molecule has 0 aliphatic carbocycles. The summed E-state index contributed by atoms with van der Waals surface area (Å²) >= 11 is 3.38. The zero-order valence-corrected chi connectivity index (χ0v) is 14.7. The Morgan fingerprint density at radius 1 is 1.16 bits per heavy atom. The van der Waals surface area contributed by atoms with E-state index in [1.54, 1.807) is 25.1 Å². The highest BCUT2D eigenvalue weighted by molar-refractivity contribution is 9.10. The number of nitrogens with zero attached hydrogens (tertiary/aromatic N) is 1. The minimum Gasteiger partial charge on any atom is -0.504 e. The van der Waals surface area contributed by atoms with E-state index in [-0.39, 0.29) is 22.9 Å². The fraction of sp³-hybridized carbons (Fsp3) is 0.0526. The van der Waals surface area contributed by atoms with Crippen molar-refractivity contribution in [3.63, 3.8) is 0 Å². The van der Waals surface area contributed by atoms with Gasteiger partial charge in [-0.05, 0) is 31.2 Å². The summed E-state index contributed by atoms with van der Waals surface area (Å²) in [7, 11) is 0. The fourth-order valence-corrected chi connectivity index (χ4v) is 2.99. The first-order valence-corrected chi connectivity index (χ1v) is 8.32. The molecule has 0 aliphatic rings. The number of aromatic nitrogens is 1. The number of hydrogen-bond donors (Lipinski definition) is 1. The molecule has 0 unspecified atom stereocenters. The van der Waals surface area contributed by atoms with E-state index in [4.69, 9.17) is 8.94 Å². The molecule has 0 amide bonds. The Kier molecular flexibility index (Phi) is 3.69. The van der Waals surface area contributed by atoms with Gasteiger partial charge in [0.1, 0.15) is 11.5 Å². The zero-order valence-electron chi connectivity index (χ0n) is 13.1. The zero-order chi connectivity index (χ0) is 17.6. The molecule has 0 fully saturated rings. The van der Waals surface area contributed by atoms with Crippen molar-refractivity contribution in [2.45, 2.75) is 6.92 Å². The van der Waals surface area contributed by atoms with Gasteiger partial charge in [-0.2, -0.15) is 0 Å². The number of carbonyl (C=O) groups is 1. The highest BCUT2D eigenvalue weighted by Gasteiger charge is 2.25. The number of rotatable bonds is 3. The monoisotopic (exact) mass is 397 g/mol. The molecule has 0 atom stereocenters. The van der Waals surface area contributed by atoms with Gasteiger partial charge in [-0.3, -0.25) is 4.79 Å². The normalized spacial score (nSPS) is 11.1. The molecule has 0 spiro atoms. The molecule has 0 saturated heterocycles. The average Bonchev–Trinajstić information content (AvgIpc) is 3.20. The predicted molar refractivity (Wildman–Crippen MR) is 95.7 cm³/mol. The maximum Gasteiger partial charge on any atom is 0.234 e. The second-order valence-corrected chi connectivity index (χ2v) is 6.52. The first kappa shape index (κ1) is 15.7. The quantitative estimate of drug-likeness (QED) is 0.486. The van der Waals surface area contributed by atoms with Crippen LogP contribution in [0.4, 0.5) is 0 Å². The van der Waals surface area contributed by atoms with E-state index in [1.807, 2.05) is 24.3 Å². The number of carbonyl (C=O) groups excluding carboxylic acids is 1. The number of furan rings is 1. The Bertz CT molecular complexity index is 1090. The van der Waals surface area contributed by atoms with Crippen LogP contribution in [0, 0.1) is 6.92 Å². The molecule has 0 aliphatic heterocycles. The topological polar surface area (TPSA) is 76.5 Å². The van der Waals surface area contributed by atoms with Crippen LogP contribution in [0.15, 0.2) is 61.9 Å². The number of hydrogen-bond acceptors (Lipinski definition) is 5. The van der Waals surface area contributed by atoms with Crippen molar-refractivity contribution in [3.8, 4) is 17.0 Å². The van der Waals surface area contributed by atoms with Crippen molar-refractivity contribution < 1.29 is 18.8 Å². The molecule has 6 heteroatoms. The third kappa shape index (κ3) is 2.64. The first-order chi connectivity index (χ1) is 12.0. The minimum absolute atomic E-state index is 0.00766. The lowest BCUT2D eigenvalue weighted by Crippen LogP contribution is -2.02. The molecular formula is C19H12BrNO4. The number of aromatic hydroxyl groups is 1. The Balaban J connectivity index is 1.83. The summed E-state index contributed by atoms with van der Waals surface area (Å²) in [6.07, 6.45) is 0. The summed E-state index contributed by atoms with van der Waals surface area (Å²) in [6.45, 7) is 1.68. The second kappa shape index (κ2) is 5.89. The van der Waals surface area contributed by atoms with E-state index in [9.17, 15) is 9.90 Å². The van der Waals surface area contributed by atoms with E-state index < -0.39 is 0 Å². The van der Waals surface area contributed by atoms with Gasteiger partial charge in [-0.25, -0.2) is 0 Å². The van der Waals surface area contributed by atoms with Crippen LogP contribution < -0.4 is 0 Å². The van der Waals surface area contributed by atoms with Gasteiger partial charge in [0.25, 0.3) is 0 Å². The molecule has 25 heavy (non-hydrogen) atoms. The maximum atomic E-state index is 13.0. The van der Waals surface area contributed by atoms with Crippen LogP contribution >= 0.6 is 15.9 Å². The van der Waals surface area contributed by atoms with E-state index in [1.165, 1.54) is 6.07 Å². The molecule has 0 saturated carbocycles. The maximum absolute atomic E-state index is 13.0. The van der Waals surface area contributed by atoms with Crippen LogP contribution in [-0.2, 0) is 0 Å². The smallest absolute Gasteiger partial charge is 0.234 e. The van der Waals surface area contributed by atoms with Crippen LogP contribution in [0.3, 0.4) is 0 Å². The number of aryl methyl sites for hydroxylation is 1. The molecule has 4 aromatic rings. The molecule has 2 heterocycles. The molecule has 1 N–H and O–H groups in total. The van der Waals surface area contributed by atoms with Gasteiger partial charge in [0.05, 0.1) is 5.56 Å². The Morgan fingerprint density at radius 2 is 1.92 bits per heavy atom. The number of halogens is 1. The molecule has 4 rings (SSSR count).